The number of pyridine rings is 2. The molecule has 0 aromatic carbocycles. The molecule has 0 radical (unpaired) electrons. The molecule has 0 spiro atoms. The Bertz CT molecular complexity index is 709. The van der Waals surface area contributed by atoms with Gasteiger partial charge in [-0.25, -0.2) is 4.98 Å². The van der Waals surface area contributed by atoms with Crippen LogP contribution >= 0.6 is 0 Å². The number of hydrogen-bond acceptors (Lipinski definition) is 5. The number of methoxy groups -OCH3 is 1. The van der Waals surface area contributed by atoms with Crippen LogP contribution in [0.3, 0.4) is 0 Å². The lowest BCUT2D eigenvalue weighted by molar-refractivity contribution is 0.395. The van der Waals surface area contributed by atoms with Crippen molar-refractivity contribution in [3.8, 4) is 5.88 Å². The van der Waals surface area contributed by atoms with Gasteiger partial charge in [0, 0.05) is 18.8 Å². The molecule has 3 heterocycles. The summed E-state index contributed by atoms with van der Waals surface area (Å²) in [7, 11) is 1.61. The van der Waals surface area contributed by atoms with E-state index in [2.05, 4.69) is 20.5 Å². The average molecular weight is 269 g/mol. The minimum Gasteiger partial charge on any atom is -0.481 e. The standard InChI is InChI=1S/C14H15N5O/c1-20-14-7-4-5-11(16-14)9-15-10-13-18-17-12-6-2-3-8-19(12)13/h2-8,15H,9-10H2,1H3. The van der Waals surface area contributed by atoms with Crippen LogP contribution in [0.4, 0.5) is 0 Å². The molecule has 6 heteroatoms. The Morgan fingerprint density at radius 3 is 2.95 bits per heavy atom. The Morgan fingerprint density at radius 1 is 1.10 bits per heavy atom. The third kappa shape index (κ3) is 2.60. The minimum absolute atomic E-state index is 0.622. The van der Waals surface area contributed by atoms with Crippen molar-refractivity contribution in [3.63, 3.8) is 0 Å². The van der Waals surface area contributed by atoms with Gasteiger partial charge in [-0.15, -0.1) is 10.2 Å². The van der Waals surface area contributed by atoms with Gasteiger partial charge in [0.1, 0.15) is 0 Å². The van der Waals surface area contributed by atoms with Crippen LogP contribution in [0.15, 0.2) is 42.6 Å². The lowest BCUT2D eigenvalue weighted by atomic mass is 10.3. The molecule has 3 rings (SSSR count). The van der Waals surface area contributed by atoms with Gasteiger partial charge in [0.05, 0.1) is 19.3 Å². The van der Waals surface area contributed by atoms with Gasteiger partial charge in [0.15, 0.2) is 11.5 Å². The Balaban J connectivity index is 1.65. The lowest BCUT2D eigenvalue weighted by Gasteiger charge is -2.05. The Kier molecular flexibility index (Phi) is 3.56. The Labute approximate surface area is 116 Å². The van der Waals surface area contributed by atoms with Gasteiger partial charge in [0.2, 0.25) is 5.88 Å². The zero-order chi connectivity index (χ0) is 13.8. The van der Waals surface area contributed by atoms with E-state index in [0.29, 0.717) is 19.0 Å². The Morgan fingerprint density at radius 2 is 2.05 bits per heavy atom. The summed E-state index contributed by atoms with van der Waals surface area (Å²) in [6, 6.07) is 11.5. The fraction of sp³-hybridized carbons (Fsp3) is 0.214. The molecule has 1 N–H and O–H groups in total. The van der Waals surface area contributed by atoms with Crippen molar-refractivity contribution < 1.29 is 4.74 Å². The lowest BCUT2D eigenvalue weighted by Crippen LogP contribution is -2.15. The van der Waals surface area contributed by atoms with Crippen molar-refractivity contribution in [3.05, 3.63) is 54.1 Å². The summed E-state index contributed by atoms with van der Waals surface area (Å²) in [4.78, 5) is 4.34. The smallest absolute Gasteiger partial charge is 0.213 e. The first-order valence-electron chi connectivity index (χ1n) is 6.36. The van der Waals surface area contributed by atoms with Gasteiger partial charge in [-0.2, -0.15) is 0 Å². The third-order valence-corrected chi connectivity index (χ3v) is 2.96. The molecular weight excluding hydrogens is 254 g/mol. The number of fused-ring (bicyclic) bond motifs is 1. The molecule has 0 saturated heterocycles. The SMILES string of the molecule is COc1cccc(CNCc2nnc3ccccn23)n1. The van der Waals surface area contributed by atoms with Crippen LogP contribution in [0, 0.1) is 0 Å². The van der Waals surface area contributed by atoms with E-state index in [4.69, 9.17) is 4.74 Å². The molecule has 0 aliphatic rings. The summed E-state index contributed by atoms with van der Waals surface area (Å²) in [5.41, 5.74) is 1.78. The van der Waals surface area contributed by atoms with E-state index >= 15 is 0 Å². The topological polar surface area (TPSA) is 64.3 Å². The largest absolute Gasteiger partial charge is 0.481 e. The number of hydrogen-bond donors (Lipinski definition) is 1. The summed E-state index contributed by atoms with van der Waals surface area (Å²) in [5.74, 6) is 1.50. The summed E-state index contributed by atoms with van der Waals surface area (Å²) in [6.07, 6.45) is 1.95. The van der Waals surface area contributed by atoms with E-state index in [0.717, 1.165) is 17.2 Å². The van der Waals surface area contributed by atoms with Crippen LogP contribution in [0.5, 0.6) is 5.88 Å². The first-order chi connectivity index (χ1) is 9.86. The van der Waals surface area contributed by atoms with Crippen LogP contribution in [-0.4, -0.2) is 26.7 Å². The van der Waals surface area contributed by atoms with Gasteiger partial charge in [-0.1, -0.05) is 12.1 Å². The minimum atomic E-state index is 0.622. The molecular formula is C14H15N5O. The van der Waals surface area contributed by atoms with E-state index < -0.39 is 0 Å². The van der Waals surface area contributed by atoms with E-state index in [1.807, 2.05) is 47.0 Å². The van der Waals surface area contributed by atoms with Crippen LogP contribution in [0.1, 0.15) is 11.5 Å². The molecule has 3 aromatic heterocycles. The fourth-order valence-electron chi connectivity index (χ4n) is 1.98. The normalized spacial score (nSPS) is 10.8. The monoisotopic (exact) mass is 269 g/mol. The van der Waals surface area contributed by atoms with Crippen LogP contribution in [0.2, 0.25) is 0 Å². The number of rotatable bonds is 5. The van der Waals surface area contributed by atoms with Crippen molar-refractivity contribution in [2.24, 2.45) is 0 Å². The van der Waals surface area contributed by atoms with E-state index in [1.54, 1.807) is 7.11 Å². The molecule has 102 valence electrons. The summed E-state index contributed by atoms with van der Waals surface area (Å²) in [5, 5.41) is 11.6. The number of nitrogens with one attached hydrogen (secondary N) is 1. The fourth-order valence-corrected chi connectivity index (χ4v) is 1.98. The van der Waals surface area contributed by atoms with Crippen molar-refractivity contribution in [1.82, 2.24) is 24.9 Å². The Hall–Kier alpha value is -2.47. The first-order valence-corrected chi connectivity index (χ1v) is 6.36. The highest BCUT2D eigenvalue weighted by atomic mass is 16.5. The average Bonchev–Trinajstić information content (AvgIpc) is 2.91. The molecule has 0 saturated carbocycles. The number of ether oxygens (including phenoxy) is 1. The van der Waals surface area contributed by atoms with Crippen LogP contribution < -0.4 is 10.1 Å². The zero-order valence-corrected chi connectivity index (χ0v) is 11.2. The molecule has 20 heavy (non-hydrogen) atoms. The quantitative estimate of drug-likeness (QED) is 0.759. The summed E-state index contributed by atoms with van der Waals surface area (Å²) >= 11 is 0. The molecule has 0 atom stereocenters. The van der Waals surface area contributed by atoms with Crippen LogP contribution in [-0.2, 0) is 13.1 Å². The van der Waals surface area contributed by atoms with Gasteiger partial charge in [-0.3, -0.25) is 4.40 Å². The maximum Gasteiger partial charge on any atom is 0.213 e. The van der Waals surface area contributed by atoms with Gasteiger partial charge in [-0.05, 0) is 18.2 Å². The zero-order valence-electron chi connectivity index (χ0n) is 11.2. The van der Waals surface area contributed by atoms with Crippen LogP contribution in [0.25, 0.3) is 5.65 Å². The first kappa shape index (κ1) is 12.6. The van der Waals surface area contributed by atoms with Crippen molar-refractivity contribution in [2.45, 2.75) is 13.1 Å². The second-order valence-electron chi connectivity index (χ2n) is 4.32. The second-order valence-corrected chi connectivity index (χ2v) is 4.32. The van der Waals surface area contributed by atoms with E-state index in [9.17, 15) is 0 Å². The summed E-state index contributed by atoms with van der Waals surface area (Å²) < 4.78 is 7.06. The maximum absolute atomic E-state index is 5.10. The van der Waals surface area contributed by atoms with Crippen molar-refractivity contribution >= 4 is 5.65 Å². The molecule has 0 amide bonds. The van der Waals surface area contributed by atoms with E-state index in [-0.39, 0.29) is 0 Å². The van der Waals surface area contributed by atoms with Crippen molar-refractivity contribution in [1.29, 1.82) is 0 Å². The highest BCUT2D eigenvalue weighted by Crippen LogP contribution is 2.07. The predicted octanol–water partition coefficient (Wildman–Crippen LogP) is 1.42. The molecule has 0 aliphatic carbocycles. The molecule has 0 bridgehead atoms. The van der Waals surface area contributed by atoms with E-state index in [1.165, 1.54) is 0 Å². The predicted molar refractivity (Wildman–Crippen MR) is 74.3 cm³/mol. The second kappa shape index (κ2) is 5.66. The number of aromatic nitrogens is 4. The molecule has 0 fully saturated rings. The molecule has 6 nitrogen and oxygen atoms in total. The van der Waals surface area contributed by atoms with Gasteiger partial charge >= 0.3 is 0 Å². The third-order valence-electron chi connectivity index (χ3n) is 2.96. The van der Waals surface area contributed by atoms with Crippen molar-refractivity contribution in [2.75, 3.05) is 7.11 Å². The molecule has 3 aromatic rings. The number of nitrogens with zero attached hydrogens (tertiary/aromatic N) is 4. The summed E-state index contributed by atoms with van der Waals surface area (Å²) in [6.45, 7) is 1.28. The highest BCUT2D eigenvalue weighted by molar-refractivity contribution is 5.36. The maximum atomic E-state index is 5.10. The van der Waals surface area contributed by atoms with Gasteiger partial charge < -0.3 is 10.1 Å². The molecule has 0 unspecified atom stereocenters. The highest BCUT2D eigenvalue weighted by Gasteiger charge is 2.04. The molecule has 0 aliphatic heterocycles. The van der Waals surface area contributed by atoms with Gasteiger partial charge in [0.25, 0.3) is 0 Å².